The molecule has 2 atom stereocenters. The number of carbonyl (C=O) groups is 1. The van der Waals surface area contributed by atoms with Crippen LogP contribution in [-0.4, -0.2) is 24.3 Å². The molecule has 1 amide bonds. The Balaban J connectivity index is 4.91. The standard InChI is InChI=1S/C9H17NO4S/c1-5-8(11)10-9(15(12,13)14)7(4)6(2)3/h5-7,9H,1H2,2-4H3,(H,10,11)(H,12,13,14). The lowest BCUT2D eigenvalue weighted by Gasteiger charge is -2.24. The predicted molar refractivity (Wildman–Crippen MR) is 57.7 cm³/mol. The van der Waals surface area contributed by atoms with Gasteiger partial charge < -0.3 is 5.32 Å². The molecule has 0 radical (unpaired) electrons. The summed E-state index contributed by atoms with van der Waals surface area (Å²) in [6.45, 7) is 8.47. The van der Waals surface area contributed by atoms with E-state index in [-0.39, 0.29) is 11.8 Å². The van der Waals surface area contributed by atoms with Crippen molar-refractivity contribution in [1.29, 1.82) is 0 Å². The maximum absolute atomic E-state index is 11.0. The van der Waals surface area contributed by atoms with Crippen molar-refractivity contribution in [1.82, 2.24) is 5.32 Å². The Hall–Kier alpha value is -0.880. The quantitative estimate of drug-likeness (QED) is 0.545. The number of hydrogen-bond donors (Lipinski definition) is 2. The van der Waals surface area contributed by atoms with E-state index < -0.39 is 21.4 Å². The van der Waals surface area contributed by atoms with Gasteiger partial charge in [-0.05, 0) is 17.9 Å². The molecule has 0 bridgehead atoms. The Morgan fingerprint density at radius 3 is 2.13 bits per heavy atom. The smallest absolute Gasteiger partial charge is 0.286 e. The van der Waals surface area contributed by atoms with Crippen LogP contribution < -0.4 is 5.32 Å². The second-order valence-corrected chi connectivity index (χ2v) is 5.29. The molecule has 15 heavy (non-hydrogen) atoms. The third-order valence-corrected chi connectivity index (χ3v) is 3.51. The van der Waals surface area contributed by atoms with Crippen LogP contribution in [0.1, 0.15) is 20.8 Å². The average Bonchev–Trinajstić information content (AvgIpc) is 2.10. The number of hydrogen-bond acceptors (Lipinski definition) is 3. The monoisotopic (exact) mass is 235 g/mol. The topological polar surface area (TPSA) is 83.5 Å². The highest BCUT2D eigenvalue weighted by Gasteiger charge is 2.31. The third-order valence-electron chi connectivity index (χ3n) is 2.32. The normalized spacial score (nSPS) is 15.8. The lowest BCUT2D eigenvalue weighted by atomic mass is 9.98. The zero-order valence-electron chi connectivity index (χ0n) is 9.10. The van der Waals surface area contributed by atoms with Crippen molar-refractivity contribution < 1.29 is 17.8 Å². The summed E-state index contributed by atoms with van der Waals surface area (Å²) in [7, 11) is -4.29. The van der Waals surface area contributed by atoms with Crippen LogP contribution in [-0.2, 0) is 14.9 Å². The molecule has 0 aromatic heterocycles. The van der Waals surface area contributed by atoms with Crippen molar-refractivity contribution >= 4 is 16.0 Å². The zero-order chi connectivity index (χ0) is 12.2. The van der Waals surface area contributed by atoms with Crippen LogP contribution in [0.3, 0.4) is 0 Å². The number of carbonyl (C=O) groups excluding carboxylic acids is 1. The van der Waals surface area contributed by atoms with Gasteiger partial charge in [0.25, 0.3) is 10.1 Å². The van der Waals surface area contributed by atoms with Gasteiger partial charge in [-0.3, -0.25) is 9.35 Å². The fourth-order valence-electron chi connectivity index (χ4n) is 1.03. The van der Waals surface area contributed by atoms with Gasteiger partial charge in [-0.1, -0.05) is 27.4 Å². The maximum atomic E-state index is 11.0. The summed E-state index contributed by atoms with van der Waals surface area (Å²) in [6.07, 6.45) is 0.964. The maximum Gasteiger partial charge on any atom is 0.286 e. The molecule has 0 aliphatic rings. The van der Waals surface area contributed by atoms with Gasteiger partial charge in [-0.15, -0.1) is 0 Å². The molecule has 0 aromatic carbocycles. The van der Waals surface area contributed by atoms with Crippen LogP contribution in [0.5, 0.6) is 0 Å². The van der Waals surface area contributed by atoms with Gasteiger partial charge >= 0.3 is 0 Å². The van der Waals surface area contributed by atoms with E-state index in [1.54, 1.807) is 6.92 Å². The first-order chi connectivity index (χ1) is 6.70. The summed E-state index contributed by atoms with van der Waals surface area (Å²) in [5, 5.41) is 0.904. The molecule has 0 aromatic rings. The average molecular weight is 235 g/mol. The highest BCUT2D eigenvalue weighted by Crippen LogP contribution is 2.18. The molecule has 0 saturated heterocycles. The second kappa shape index (κ2) is 5.27. The minimum atomic E-state index is -4.29. The molecule has 0 rings (SSSR count). The fourth-order valence-corrected chi connectivity index (χ4v) is 2.15. The van der Waals surface area contributed by atoms with E-state index in [1.807, 2.05) is 13.8 Å². The zero-order valence-corrected chi connectivity index (χ0v) is 9.91. The molecule has 2 unspecified atom stereocenters. The minimum absolute atomic E-state index is 0.0158. The van der Waals surface area contributed by atoms with Gasteiger partial charge in [-0.2, -0.15) is 8.42 Å². The van der Waals surface area contributed by atoms with Gasteiger partial charge in [0.1, 0.15) is 0 Å². The van der Waals surface area contributed by atoms with E-state index in [0.717, 1.165) is 6.08 Å². The molecule has 0 heterocycles. The van der Waals surface area contributed by atoms with Crippen molar-refractivity contribution in [2.24, 2.45) is 11.8 Å². The Kier molecular flexibility index (Phi) is 4.96. The number of rotatable bonds is 5. The molecule has 0 aliphatic heterocycles. The Morgan fingerprint density at radius 1 is 1.40 bits per heavy atom. The van der Waals surface area contributed by atoms with Crippen LogP contribution in [0.2, 0.25) is 0 Å². The SMILES string of the molecule is C=CC(=O)NC(C(C)C(C)C)S(=O)(=O)O. The molecule has 2 N–H and O–H groups in total. The van der Waals surface area contributed by atoms with E-state index in [0.29, 0.717) is 0 Å². The van der Waals surface area contributed by atoms with E-state index in [2.05, 4.69) is 11.9 Å². The van der Waals surface area contributed by atoms with Gasteiger partial charge in [0.15, 0.2) is 5.37 Å². The summed E-state index contributed by atoms with van der Waals surface area (Å²) in [5.74, 6) is -0.990. The largest absolute Gasteiger partial charge is 0.334 e. The van der Waals surface area contributed by atoms with Crippen LogP contribution in [0.25, 0.3) is 0 Å². The Labute approximate surface area is 90.3 Å². The van der Waals surface area contributed by atoms with Crippen LogP contribution in [0, 0.1) is 11.8 Å². The van der Waals surface area contributed by atoms with Gasteiger partial charge in [0.2, 0.25) is 5.91 Å². The van der Waals surface area contributed by atoms with E-state index in [1.165, 1.54) is 0 Å². The Morgan fingerprint density at radius 2 is 1.87 bits per heavy atom. The van der Waals surface area contributed by atoms with E-state index in [4.69, 9.17) is 4.55 Å². The van der Waals surface area contributed by atoms with Crippen LogP contribution in [0.4, 0.5) is 0 Å². The molecule has 0 aliphatic carbocycles. The fraction of sp³-hybridized carbons (Fsp3) is 0.667. The van der Waals surface area contributed by atoms with Crippen molar-refractivity contribution in [2.45, 2.75) is 26.1 Å². The summed E-state index contributed by atoms with van der Waals surface area (Å²) in [4.78, 5) is 11.0. The summed E-state index contributed by atoms with van der Waals surface area (Å²) < 4.78 is 31.0. The van der Waals surface area contributed by atoms with Crippen molar-refractivity contribution in [3.63, 3.8) is 0 Å². The molecule has 0 spiro atoms. The Bertz CT molecular complexity index is 334. The van der Waals surface area contributed by atoms with E-state index >= 15 is 0 Å². The molecular weight excluding hydrogens is 218 g/mol. The second-order valence-electron chi connectivity index (χ2n) is 3.75. The van der Waals surface area contributed by atoms with Gasteiger partial charge in [-0.25, -0.2) is 0 Å². The van der Waals surface area contributed by atoms with Crippen LogP contribution in [0.15, 0.2) is 12.7 Å². The lowest BCUT2D eigenvalue weighted by molar-refractivity contribution is -0.117. The summed E-state index contributed by atoms with van der Waals surface area (Å²) >= 11 is 0. The first kappa shape index (κ1) is 14.1. The highest BCUT2D eigenvalue weighted by molar-refractivity contribution is 7.86. The third kappa shape index (κ3) is 4.44. The molecule has 0 fully saturated rings. The van der Waals surface area contributed by atoms with Crippen LogP contribution >= 0.6 is 0 Å². The van der Waals surface area contributed by atoms with E-state index in [9.17, 15) is 13.2 Å². The molecule has 5 nitrogen and oxygen atoms in total. The van der Waals surface area contributed by atoms with Gasteiger partial charge in [0, 0.05) is 0 Å². The lowest BCUT2D eigenvalue weighted by Crippen LogP contribution is -2.45. The molecule has 88 valence electrons. The molecule has 0 saturated carbocycles. The van der Waals surface area contributed by atoms with Gasteiger partial charge in [0.05, 0.1) is 0 Å². The number of nitrogens with one attached hydrogen (secondary N) is 1. The molecule has 6 heteroatoms. The molecular formula is C9H17NO4S. The summed E-state index contributed by atoms with van der Waals surface area (Å²) in [5.41, 5.74) is 0. The highest BCUT2D eigenvalue weighted by atomic mass is 32.2. The summed E-state index contributed by atoms with van der Waals surface area (Å²) in [6, 6.07) is 0. The van der Waals surface area contributed by atoms with Crippen molar-refractivity contribution in [2.75, 3.05) is 0 Å². The minimum Gasteiger partial charge on any atom is -0.334 e. The van der Waals surface area contributed by atoms with Crippen molar-refractivity contribution in [3.05, 3.63) is 12.7 Å². The first-order valence-electron chi connectivity index (χ1n) is 4.59. The first-order valence-corrected chi connectivity index (χ1v) is 6.09. The number of amides is 1. The predicted octanol–water partition coefficient (Wildman–Crippen LogP) is 0.795. The van der Waals surface area contributed by atoms with Crippen molar-refractivity contribution in [3.8, 4) is 0 Å².